The van der Waals surface area contributed by atoms with Gasteiger partial charge in [-0.3, -0.25) is 14.7 Å². The minimum absolute atomic E-state index is 0.115. The highest BCUT2D eigenvalue weighted by atomic mass is 127. The Balaban J connectivity index is 1.46. The Morgan fingerprint density at radius 3 is 2.62 bits per heavy atom. The van der Waals surface area contributed by atoms with Gasteiger partial charge in [-0.25, -0.2) is 19.7 Å². The number of hydrogen-bond donors (Lipinski definition) is 1. The van der Waals surface area contributed by atoms with Crippen LogP contribution in [0.5, 0.6) is 5.75 Å². The van der Waals surface area contributed by atoms with Gasteiger partial charge < -0.3 is 24.3 Å². The quantitative estimate of drug-likeness (QED) is 0.118. The number of fused-ring (bicyclic) bond motifs is 2. The largest absolute Gasteiger partial charge is 0.425 e. The molecular formula is C20H19IN6O7. The van der Waals surface area contributed by atoms with Crippen molar-refractivity contribution in [2.75, 3.05) is 12.4 Å². The summed E-state index contributed by atoms with van der Waals surface area (Å²) in [4.78, 5) is 36.6. The number of carbonyl (C=O) groups excluding carboxylic acids is 1. The molecule has 1 aromatic carbocycles. The second-order valence-electron chi connectivity index (χ2n) is 8.10. The highest BCUT2D eigenvalue weighted by Gasteiger charge is 2.59. The molecule has 0 saturated carbocycles. The average molecular weight is 582 g/mol. The van der Waals surface area contributed by atoms with E-state index in [-0.39, 0.29) is 11.4 Å². The minimum atomic E-state index is -1.12. The standard InChI is InChI=1S/C20H19IN6O7/c1-20(2)33-12-13(34-20)17(26-8-23-11-15(22-3)24-19(21)25-16(11)26)32-14(12)18(28)31-10-6-4-9(5-7-10)27(29)30/h4-8,12-14,17H,1-3H3,(H,22,24,25)/t12-,13+,14-,17+/m0/s1. The van der Waals surface area contributed by atoms with Gasteiger partial charge in [-0.05, 0) is 26.0 Å². The number of ether oxygens (including phenoxy) is 4. The van der Waals surface area contributed by atoms with E-state index in [1.807, 2.05) is 22.6 Å². The van der Waals surface area contributed by atoms with Crippen LogP contribution in [0.3, 0.4) is 0 Å². The number of non-ortho nitro benzene ring substituents is 1. The van der Waals surface area contributed by atoms with Gasteiger partial charge in [0, 0.05) is 41.8 Å². The van der Waals surface area contributed by atoms with Crippen LogP contribution in [0.2, 0.25) is 0 Å². The van der Waals surface area contributed by atoms with E-state index in [0.717, 1.165) is 0 Å². The summed E-state index contributed by atoms with van der Waals surface area (Å²) in [6.45, 7) is 3.49. The second kappa shape index (κ2) is 8.37. The van der Waals surface area contributed by atoms with Crippen molar-refractivity contribution in [1.82, 2.24) is 19.5 Å². The van der Waals surface area contributed by atoms with Crippen LogP contribution in [0.15, 0.2) is 30.6 Å². The van der Waals surface area contributed by atoms with Gasteiger partial charge in [0.15, 0.2) is 38.9 Å². The van der Waals surface area contributed by atoms with E-state index in [1.165, 1.54) is 24.3 Å². The van der Waals surface area contributed by atoms with E-state index >= 15 is 0 Å². The maximum Gasteiger partial charge on any atom is 0.343 e. The van der Waals surface area contributed by atoms with Crippen molar-refractivity contribution in [2.24, 2.45) is 0 Å². The average Bonchev–Trinajstić information content (AvgIpc) is 3.43. The number of carbonyl (C=O) groups is 1. The first kappa shape index (κ1) is 22.8. The number of rotatable bonds is 5. The van der Waals surface area contributed by atoms with Gasteiger partial charge in [0.25, 0.3) is 5.69 Å². The van der Waals surface area contributed by atoms with Crippen LogP contribution in [0, 0.1) is 13.9 Å². The summed E-state index contributed by atoms with van der Waals surface area (Å²) in [5.41, 5.74) is 0.930. The highest BCUT2D eigenvalue weighted by molar-refractivity contribution is 14.1. The van der Waals surface area contributed by atoms with Crippen LogP contribution in [0.25, 0.3) is 11.2 Å². The van der Waals surface area contributed by atoms with Crippen molar-refractivity contribution >= 4 is 51.2 Å². The Morgan fingerprint density at radius 2 is 1.94 bits per heavy atom. The first-order chi connectivity index (χ1) is 16.2. The third-order valence-electron chi connectivity index (χ3n) is 5.43. The summed E-state index contributed by atoms with van der Waals surface area (Å²) in [7, 11) is 1.74. The summed E-state index contributed by atoms with van der Waals surface area (Å²) in [6, 6.07) is 5.19. The van der Waals surface area contributed by atoms with E-state index in [4.69, 9.17) is 18.9 Å². The summed E-state index contributed by atoms with van der Waals surface area (Å²) >= 11 is 2.01. The molecule has 2 saturated heterocycles. The molecule has 34 heavy (non-hydrogen) atoms. The van der Waals surface area contributed by atoms with Crippen molar-refractivity contribution in [3.8, 4) is 5.75 Å². The zero-order chi connectivity index (χ0) is 24.2. The van der Waals surface area contributed by atoms with Gasteiger partial charge in [0.2, 0.25) is 0 Å². The number of anilines is 1. The van der Waals surface area contributed by atoms with E-state index in [2.05, 4.69) is 20.3 Å². The Morgan fingerprint density at radius 1 is 1.24 bits per heavy atom. The molecule has 2 aliphatic rings. The Bertz CT molecular complexity index is 1280. The Labute approximate surface area is 206 Å². The molecule has 0 spiro atoms. The van der Waals surface area contributed by atoms with Crippen LogP contribution in [-0.2, 0) is 19.0 Å². The number of imidazole rings is 1. The summed E-state index contributed by atoms with van der Waals surface area (Å²) in [5, 5.41) is 13.9. The van der Waals surface area contributed by atoms with E-state index < -0.39 is 41.2 Å². The third kappa shape index (κ3) is 3.95. The number of nitrogens with one attached hydrogen (secondary N) is 1. The zero-order valence-corrected chi connectivity index (χ0v) is 20.3. The number of esters is 1. The van der Waals surface area contributed by atoms with Crippen molar-refractivity contribution in [1.29, 1.82) is 0 Å². The fraction of sp³-hybridized carbons (Fsp3) is 0.400. The lowest BCUT2D eigenvalue weighted by atomic mass is 10.1. The molecule has 0 aliphatic carbocycles. The predicted molar refractivity (Wildman–Crippen MR) is 124 cm³/mol. The van der Waals surface area contributed by atoms with Crippen LogP contribution in [-0.4, -0.2) is 61.6 Å². The SMILES string of the molecule is CNc1nc(I)nc2c1ncn2[C@@H]1O[C@H](C(=O)Oc2ccc([N+](=O)[O-])cc2)[C@H]2OC(C)(C)O[C@H]21. The number of halogens is 1. The van der Waals surface area contributed by atoms with Crippen molar-refractivity contribution in [3.05, 3.63) is 44.5 Å². The number of nitro benzene ring substituents is 1. The highest BCUT2D eigenvalue weighted by Crippen LogP contribution is 2.44. The number of hydrogen-bond acceptors (Lipinski definition) is 11. The van der Waals surface area contributed by atoms with E-state index in [9.17, 15) is 14.9 Å². The Hall–Kier alpha value is -2.95. The van der Waals surface area contributed by atoms with Gasteiger partial charge in [-0.2, -0.15) is 0 Å². The van der Waals surface area contributed by atoms with Gasteiger partial charge in [-0.15, -0.1) is 0 Å². The van der Waals surface area contributed by atoms with Crippen molar-refractivity contribution in [2.45, 2.75) is 44.2 Å². The molecule has 13 nitrogen and oxygen atoms in total. The number of aromatic nitrogens is 4. The third-order valence-corrected chi connectivity index (χ3v) is 5.91. The molecule has 0 amide bonds. The second-order valence-corrected chi connectivity index (χ2v) is 9.06. The minimum Gasteiger partial charge on any atom is -0.425 e. The molecule has 0 unspecified atom stereocenters. The molecule has 5 rings (SSSR count). The van der Waals surface area contributed by atoms with E-state index in [1.54, 1.807) is 31.8 Å². The zero-order valence-electron chi connectivity index (χ0n) is 18.2. The lowest BCUT2D eigenvalue weighted by molar-refractivity contribution is -0.384. The number of benzene rings is 1. The molecule has 0 radical (unpaired) electrons. The van der Waals surface area contributed by atoms with Gasteiger partial charge in [0.1, 0.15) is 18.0 Å². The summed E-state index contributed by atoms with van der Waals surface area (Å²) in [5.74, 6) is -0.969. The van der Waals surface area contributed by atoms with Crippen LogP contribution in [0.1, 0.15) is 20.1 Å². The molecule has 2 aliphatic heterocycles. The summed E-state index contributed by atoms with van der Waals surface area (Å²) < 4.78 is 25.8. The van der Waals surface area contributed by atoms with Gasteiger partial charge in [0.05, 0.1) is 11.3 Å². The van der Waals surface area contributed by atoms with E-state index in [0.29, 0.717) is 20.8 Å². The molecule has 14 heteroatoms. The Kier molecular flexibility index (Phi) is 5.62. The molecular weight excluding hydrogens is 563 g/mol. The lowest BCUT2D eigenvalue weighted by Crippen LogP contribution is -2.38. The molecule has 4 atom stereocenters. The lowest BCUT2D eigenvalue weighted by Gasteiger charge is -2.24. The molecule has 0 bridgehead atoms. The fourth-order valence-electron chi connectivity index (χ4n) is 4.05. The summed E-state index contributed by atoms with van der Waals surface area (Å²) in [6.07, 6.45) is -1.74. The van der Waals surface area contributed by atoms with Crippen molar-refractivity contribution in [3.63, 3.8) is 0 Å². The van der Waals surface area contributed by atoms with Gasteiger partial charge >= 0.3 is 5.97 Å². The fourth-order valence-corrected chi connectivity index (χ4v) is 4.52. The molecule has 3 aromatic rings. The molecule has 4 heterocycles. The van der Waals surface area contributed by atoms with Crippen molar-refractivity contribution < 1.29 is 28.7 Å². The normalized spacial score (nSPS) is 25.3. The molecule has 2 aromatic heterocycles. The number of nitro groups is 1. The van der Waals surface area contributed by atoms with Crippen LogP contribution in [0.4, 0.5) is 11.5 Å². The van der Waals surface area contributed by atoms with Crippen LogP contribution >= 0.6 is 22.6 Å². The smallest absolute Gasteiger partial charge is 0.343 e. The molecule has 2 fully saturated rings. The maximum absolute atomic E-state index is 13.0. The first-order valence-electron chi connectivity index (χ1n) is 10.2. The maximum atomic E-state index is 13.0. The number of nitrogens with zero attached hydrogens (tertiary/aromatic N) is 5. The monoisotopic (exact) mass is 582 g/mol. The van der Waals surface area contributed by atoms with Gasteiger partial charge in [-0.1, -0.05) is 0 Å². The van der Waals surface area contributed by atoms with Crippen LogP contribution < -0.4 is 10.1 Å². The first-order valence-corrected chi connectivity index (χ1v) is 11.3. The topological polar surface area (TPSA) is 153 Å². The molecule has 1 N–H and O–H groups in total. The molecule has 178 valence electrons. The predicted octanol–water partition coefficient (Wildman–Crippen LogP) is 2.40.